The molecule has 2 fully saturated rings. The van der Waals surface area contributed by atoms with Crippen LogP contribution < -0.4 is 5.32 Å². The standard InChI is InChI=1S/C17H29N3S/c1-3-4-15-16(11-18-14-5-6-14)21-17(19-15)12-20-9-7-13(2)8-10-20/h13-14,18H,3-12H2,1-2H3. The number of thiazole rings is 1. The fraction of sp³-hybridized carbons (Fsp3) is 0.824. The zero-order valence-electron chi connectivity index (χ0n) is 13.5. The number of hydrogen-bond donors (Lipinski definition) is 1. The Labute approximate surface area is 133 Å². The van der Waals surface area contributed by atoms with Crippen molar-refractivity contribution in [1.82, 2.24) is 15.2 Å². The number of piperidine rings is 1. The highest BCUT2D eigenvalue weighted by Crippen LogP contribution is 2.25. The third kappa shape index (κ3) is 4.51. The van der Waals surface area contributed by atoms with Crippen LogP contribution in [0.2, 0.25) is 0 Å². The molecule has 0 atom stereocenters. The van der Waals surface area contributed by atoms with Gasteiger partial charge in [0, 0.05) is 17.5 Å². The highest BCUT2D eigenvalue weighted by Gasteiger charge is 2.22. The Morgan fingerprint density at radius 2 is 2.00 bits per heavy atom. The first-order valence-electron chi connectivity index (χ1n) is 8.67. The van der Waals surface area contributed by atoms with Gasteiger partial charge in [0.05, 0.1) is 12.2 Å². The van der Waals surface area contributed by atoms with Gasteiger partial charge < -0.3 is 5.32 Å². The van der Waals surface area contributed by atoms with Gasteiger partial charge in [0.25, 0.3) is 0 Å². The zero-order valence-corrected chi connectivity index (χ0v) is 14.3. The van der Waals surface area contributed by atoms with Crippen LogP contribution >= 0.6 is 11.3 Å². The fourth-order valence-corrected chi connectivity index (χ4v) is 4.12. The predicted octanol–water partition coefficient (Wildman–Crippen LogP) is 3.58. The molecule has 0 amide bonds. The molecule has 1 N–H and O–H groups in total. The maximum atomic E-state index is 4.95. The minimum absolute atomic E-state index is 0.786. The zero-order chi connectivity index (χ0) is 14.7. The van der Waals surface area contributed by atoms with Gasteiger partial charge in [-0.1, -0.05) is 20.3 Å². The summed E-state index contributed by atoms with van der Waals surface area (Å²) in [7, 11) is 0. The lowest BCUT2D eigenvalue weighted by Crippen LogP contribution is -2.32. The predicted molar refractivity (Wildman–Crippen MR) is 89.6 cm³/mol. The average molecular weight is 308 g/mol. The molecule has 0 bridgehead atoms. The molecule has 2 heterocycles. The van der Waals surface area contributed by atoms with Crippen molar-refractivity contribution < 1.29 is 0 Å². The molecule has 1 saturated carbocycles. The molecule has 1 saturated heterocycles. The largest absolute Gasteiger partial charge is 0.309 e. The Bertz CT molecular complexity index is 445. The van der Waals surface area contributed by atoms with Gasteiger partial charge in [0.1, 0.15) is 5.01 Å². The van der Waals surface area contributed by atoms with Gasteiger partial charge in [-0.05, 0) is 51.1 Å². The molecule has 0 aromatic carbocycles. The van der Waals surface area contributed by atoms with Crippen molar-refractivity contribution >= 4 is 11.3 Å². The lowest BCUT2D eigenvalue weighted by Gasteiger charge is -2.29. The molecule has 21 heavy (non-hydrogen) atoms. The van der Waals surface area contributed by atoms with Gasteiger partial charge in [-0.3, -0.25) is 4.90 Å². The van der Waals surface area contributed by atoms with Crippen molar-refractivity contribution in [1.29, 1.82) is 0 Å². The first kappa shape index (κ1) is 15.4. The van der Waals surface area contributed by atoms with Crippen LogP contribution in [0.5, 0.6) is 0 Å². The average Bonchev–Trinajstić information content (AvgIpc) is 3.23. The van der Waals surface area contributed by atoms with Crippen LogP contribution in [-0.4, -0.2) is 29.0 Å². The second-order valence-electron chi connectivity index (χ2n) is 6.84. The van der Waals surface area contributed by atoms with Crippen LogP contribution in [-0.2, 0) is 19.5 Å². The van der Waals surface area contributed by atoms with E-state index in [1.165, 1.54) is 60.8 Å². The van der Waals surface area contributed by atoms with Crippen molar-refractivity contribution in [2.24, 2.45) is 5.92 Å². The molecule has 3 nitrogen and oxygen atoms in total. The van der Waals surface area contributed by atoms with E-state index < -0.39 is 0 Å². The lowest BCUT2D eigenvalue weighted by atomic mass is 9.99. The van der Waals surface area contributed by atoms with Crippen molar-refractivity contribution in [3.8, 4) is 0 Å². The van der Waals surface area contributed by atoms with Crippen LogP contribution in [0.3, 0.4) is 0 Å². The van der Waals surface area contributed by atoms with Crippen LogP contribution in [0.15, 0.2) is 0 Å². The SMILES string of the molecule is CCCc1nc(CN2CCC(C)CC2)sc1CNC1CC1. The van der Waals surface area contributed by atoms with E-state index in [9.17, 15) is 0 Å². The summed E-state index contributed by atoms with van der Waals surface area (Å²) in [6, 6.07) is 0.786. The summed E-state index contributed by atoms with van der Waals surface area (Å²) in [5.41, 5.74) is 1.36. The monoisotopic (exact) mass is 307 g/mol. The van der Waals surface area contributed by atoms with Gasteiger partial charge in [0.2, 0.25) is 0 Å². The minimum atomic E-state index is 0.786. The van der Waals surface area contributed by atoms with E-state index in [0.29, 0.717) is 0 Å². The molecule has 1 aromatic rings. The smallest absolute Gasteiger partial charge is 0.107 e. The Hall–Kier alpha value is -0.450. The summed E-state index contributed by atoms with van der Waals surface area (Å²) in [4.78, 5) is 9.03. The molecular weight excluding hydrogens is 278 g/mol. The van der Waals surface area contributed by atoms with E-state index in [0.717, 1.165) is 31.5 Å². The van der Waals surface area contributed by atoms with Crippen molar-refractivity contribution in [3.05, 3.63) is 15.6 Å². The Kier molecular flexibility index (Phi) is 5.30. The molecule has 0 unspecified atom stereocenters. The summed E-state index contributed by atoms with van der Waals surface area (Å²) in [6.45, 7) is 9.23. The first-order valence-corrected chi connectivity index (χ1v) is 9.49. The van der Waals surface area contributed by atoms with Crippen LogP contribution in [0, 0.1) is 5.92 Å². The van der Waals surface area contributed by atoms with Crippen LogP contribution in [0.1, 0.15) is 61.5 Å². The molecule has 4 heteroatoms. The van der Waals surface area contributed by atoms with Gasteiger partial charge in [-0.25, -0.2) is 4.98 Å². The third-order valence-corrected chi connectivity index (χ3v) is 5.76. The number of hydrogen-bond acceptors (Lipinski definition) is 4. The number of likely N-dealkylation sites (tertiary alicyclic amines) is 1. The molecule has 0 spiro atoms. The fourth-order valence-electron chi connectivity index (χ4n) is 3.01. The normalized spacial score (nSPS) is 21.0. The van der Waals surface area contributed by atoms with Crippen molar-refractivity contribution in [2.75, 3.05) is 13.1 Å². The van der Waals surface area contributed by atoms with E-state index in [2.05, 4.69) is 24.1 Å². The van der Waals surface area contributed by atoms with E-state index in [1.807, 2.05) is 11.3 Å². The Balaban J connectivity index is 1.59. The van der Waals surface area contributed by atoms with Crippen molar-refractivity contribution in [3.63, 3.8) is 0 Å². The molecule has 1 aromatic heterocycles. The second-order valence-corrected chi connectivity index (χ2v) is 8.01. The van der Waals surface area contributed by atoms with Gasteiger partial charge in [-0.2, -0.15) is 0 Å². The number of nitrogens with zero attached hydrogens (tertiary/aromatic N) is 2. The van der Waals surface area contributed by atoms with Gasteiger partial charge in [0.15, 0.2) is 0 Å². The van der Waals surface area contributed by atoms with Gasteiger partial charge >= 0.3 is 0 Å². The Morgan fingerprint density at radius 1 is 1.24 bits per heavy atom. The number of aromatic nitrogens is 1. The van der Waals surface area contributed by atoms with E-state index >= 15 is 0 Å². The topological polar surface area (TPSA) is 28.2 Å². The lowest BCUT2D eigenvalue weighted by molar-refractivity contribution is 0.185. The maximum absolute atomic E-state index is 4.95. The second kappa shape index (κ2) is 7.21. The first-order chi connectivity index (χ1) is 10.2. The Morgan fingerprint density at radius 3 is 2.67 bits per heavy atom. The van der Waals surface area contributed by atoms with E-state index in [-0.39, 0.29) is 0 Å². The summed E-state index contributed by atoms with van der Waals surface area (Å²) in [6.07, 6.45) is 7.75. The number of aryl methyl sites for hydroxylation is 1. The van der Waals surface area contributed by atoms with E-state index in [1.54, 1.807) is 0 Å². The molecule has 1 aliphatic carbocycles. The molecule has 0 radical (unpaired) electrons. The van der Waals surface area contributed by atoms with E-state index in [4.69, 9.17) is 4.98 Å². The minimum Gasteiger partial charge on any atom is -0.309 e. The van der Waals surface area contributed by atoms with Crippen LogP contribution in [0.4, 0.5) is 0 Å². The summed E-state index contributed by atoms with van der Waals surface area (Å²) >= 11 is 1.95. The number of nitrogens with one attached hydrogen (secondary N) is 1. The highest BCUT2D eigenvalue weighted by atomic mass is 32.1. The summed E-state index contributed by atoms with van der Waals surface area (Å²) < 4.78 is 0. The van der Waals surface area contributed by atoms with Crippen LogP contribution in [0.25, 0.3) is 0 Å². The maximum Gasteiger partial charge on any atom is 0.107 e. The third-order valence-electron chi connectivity index (χ3n) is 4.67. The molecular formula is C17H29N3S. The molecule has 118 valence electrons. The molecule has 2 aliphatic rings. The quantitative estimate of drug-likeness (QED) is 0.834. The molecule has 1 aliphatic heterocycles. The summed E-state index contributed by atoms with van der Waals surface area (Å²) in [5.74, 6) is 0.909. The summed E-state index contributed by atoms with van der Waals surface area (Å²) in [5, 5.41) is 4.99. The number of rotatable bonds is 7. The molecule has 3 rings (SSSR count). The van der Waals surface area contributed by atoms with Gasteiger partial charge in [-0.15, -0.1) is 11.3 Å². The highest BCUT2D eigenvalue weighted by molar-refractivity contribution is 7.11. The van der Waals surface area contributed by atoms with Crippen molar-refractivity contribution in [2.45, 2.75) is 71.5 Å².